The third-order valence-corrected chi connectivity index (χ3v) is 8.45. The van der Waals surface area contributed by atoms with Gasteiger partial charge in [0, 0.05) is 43.8 Å². The maximum absolute atomic E-state index is 14.0. The number of hydrogen-bond acceptors (Lipinski definition) is 11. The molecule has 4 rings (SSSR count). The van der Waals surface area contributed by atoms with Crippen LogP contribution in [0.4, 0.5) is 36.3 Å². The maximum atomic E-state index is 14.0. The molecule has 1 aromatic carbocycles. The van der Waals surface area contributed by atoms with Crippen molar-refractivity contribution < 1.29 is 36.7 Å². The Morgan fingerprint density at radius 1 is 1.02 bits per heavy atom. The highest BCUT2D eigenvalue weighted by Crippen LogP contribution is 2.51. The lowest BCUT2D eigenvalue weighted by atomic mass is 10.1. The lowest BCUT2D eigenvalue weighted by Gasteiger charge is -2.17. The smallest absolute Gasteiger partial charge is 0.396 e. The quantitative estimate of drug-likeness (QED) is 0.115. The second kappa shape index (κ2) is 15.3. The monoisotopic (exact) mass is 662 g/mol. The van der Waals surface area contributed by atoms with Gasteiger partial charge in [-0.15, -0.1) is 0 Å². The van der Waals surface area contributed by atoms with Gasteiger partial charge in [-0.2, -0.15) is 23.3 Å². The number of alkyl halides is 3. The third-order valence-electron chi connectivity index (χ3n) is 6.40. The number of hydrogen-bond donors (Lipinski definition) is 4. The average molecular weight is 663 g/mol. The van der Waals surface area contributed by atoms with Gasteiger partial charge in [-0.25, -0.2) is 9.97 Å². The second-order valence-electron chi connectivity index (χ2n) is 9.75. The number of nitrogens with zero attached hydrogens (tertiary/aromatic N) is 5. The molecule has 46 heavy (non-hydrogen) atoms. The molecule has 0 bridgehead atoms. The molecular weight excluding hydrogens is 628 g/mol. The van der Waals surface area contributed by atoms with E-state index in [2.05, 4.69) is 36.0 Å². The van der Waals surface area contributed by atoms with Crippen LogP contribution in [0.2, 0.25) is 0 Å². The highest BCUT2D eigenvalue weighted by Gasteiger charge is 2.36. The van der Waals surface area contributed by atoms with Crippen molar-refractivity contribution >= 4 is 36.6 Å². The Morgan fingerprint density at radius 2 is 1.74 bits per heavy atom. The lowest BCUT2D eigenvalue weighted by Crippen LogP contribution is -2.21. The fraction of sp³-hybridized carbons (Fsp3) is 0.345. The largest absolute Gasteiger partial charge is 0.421 e. The first kappa shape index (κ1) is 34.5. The number of anilines is 4. The number of halogens is 3. The van der Waals surface area contributed by atoms with Crippen LogP contribution in [0.1, 0.15) is 41.9 Å². The van der Waals surface area contributed by atoms with Crippen molar-refractivity contribution in [3.05, 3.63) is 71.8 Å². The van der Waals surface area contributed by atoms with Crippen LogP contribution in [-0.4, -0.2) is 62.6 Å². The molecule has 0 saturated heterocycles. The third kappa shape index (κ3) is 8.88. The van der Waals surface area contributed by atoms with Crippen molar-refractivity contribution in [3.8, 4) is 11.3 Å². The van der Waals surface area contributed by atoms with Crippen molar-refractivity contribution in [2.45, 2.75) is 39.2 Å². The number of benzene rings is 1. The minimum absolute atomic E-state index is 0.00481. The van der Waals surface area contributed by atoms with Gasteiger partial charge in [0.2, 0.25) is 5.95 Å². The number of carbonyl (C=O) groups excluding carboxylic acids is 1. The molecule has 13 nitrogen and oxygen atoms in total. The summed E-state index contributed by atoms with van der Waals surface area (Å²) in [5.41, 5.74) is 0.703. The molecule has 0 radical (unpaired) electrons. The van der Waals surface area contributed by atoms with Crippen LogP contribution in [0.3, 0.4) is 0 Å². The molecule has 0 fully saturated rings. The number of nitrogens with one attached hydrogen (secondary N) is 3. The molecule has 0 aliphatic heterocycles. The average Bonchev–Trinajstić information content (AvgIpc) is 3.49. The zero-order valence-corrected chi connectivity index (χ0v) is 26.2. The first-order valence-corrected chi connectivity index (χ1v) is 16.0. The number of aliphatic hydroxyl groups excluding tert-OH is 1. The van der Waals surface area contributed by atoms with E-state index >= 15 is 0 Å². The van der Waals surface area contributed by atoms with Gasteiger partial charge in [-0.05, 0) is 50.1 Å². The highest BCUT2D eigenvalue weighted by atomic mass is 31.2. The molecule has 4 N–H and O–H groups in total. The van der Waals surface area contributed by atoms with E-state index in [1.54, 1.807) is 49.0 Å². The van der Waals surface area contributed by atoms with Gasteiger partial charge < -0.3 is 30.1 Å². The SMILES string of the molecule is CCOP(=O)(Cc1ccc(Nc2ncc(C(F)(F)F)c(Nc3ccc(-c4cnn(CCCO)c4)nc3C(=O)NC)n2)cc1)OCC. The van der Waals surface area contributed by atoms with Gasteiger partial charge >= 0.3 is 13.8 Å². The van der Waals surface area contributed by atoms with Crippen LogP contribution in [0.25, 0.3) is 11.3 Å². The Balaban J connectivity index is 1.61. The van der Waals surface area contributed by atoms with Crippen LogP contribution in [0.15, 0.2) is 55.0 Å². The summed E-state index contributed by atoms with van der Waals surface area (Å²) in [5, 5.41) is 21.2. The van der Waals surface area contributed by atoms with Crippen molar-refractivity contribution in [2.75, 3.05) is 37.5 Å². The van der Waals surface area contributed by atoms with Crippen LogP contribution in [-0.2, 0) is 32.5 Å². The Kier molecular flexibility index (Phi) is 11.5. The normalized spacial score (nSPS) is 11.8. The van der Waals surface area contributed by atoms with E-state index in [9.17, 15) is 22.5 Å². The van der Waals surface area contributed by atoms with E-state index in [0.29, 0.717) is 41.7 Å². The van der Waals surface area contributed by atoms with Gasteiger partial charge in [0.05, 0.1) is 37.0 Å². The summed E-state index contributed by atoms with van der Waals surface area (Å²) in [7, 11) is -1.95. The molecule has 3 heterocycles. The summed E-state index contributed by atoms with van der Waals surface area (Å²) in [4.78, 5) is 25.1. The molecule has 246 valence electrons. The fourth-order valence-corrected chi connectivity index (χ4v) is 6.01. The molecule has 0 saturated carbocycles. The maximum Gasteiger partial charge on any atom is 0.421 e. The topological polar surface area (TPSA) is 165 Å². The molecule has 4 aromatic rings. The number of pyridine rings is 1. The van der Waals surface area contributed by atoms with Crippen molar-refractivity contribution in [2.24, 2.45) is 0 Å². The van der Waals surface area contributed by atoms with Crippen molar-refractivity contribution in [1.82, 2.24) is 30.0 Å². The lowest BCUT2D eigenvalue weighted by molar-refractivity contribution is -0.137. The van der Waals surface area contributed by atoms with E-state index in [4.69, 9.17) is 14.2 Å². The van der Waals surface area contributed by atoms with Crippen LogP contribution in [0.5, 0.6) is 0 Å². The first-order chi connectivity index (χ1) is 22.0. The van der Waals surface area contributed by atoms with E-state index in [0.717, 1.165) is 0 Å². The van der Waals surface area contributed by atoms with Gasteiger partial charge in [0.15, 0.2) is 5.69 Å². The van der Waals surface area contributed by atoms with E-state index in [-0.39, 0.29) is 43.3 Å². The zero-order chi connectivity index (χ0) is 33.3. The fourth-order valence-electron chi connectivity index (χ4n) is 4.30. The van der Waals surface area contributed by atoms with Crippen LogP contribution >= 0.6 is 7.60 Å². The number of aryl methyl sites for hydroxylation is 1. The number of aliphatic hydroxyl groups is 1. The zero-order valence-electron chi connectivity index (χ0n) is 25.3. The molecule has 0 spiro atoms. The number of amides is 1. The summed E-state index contributed by atoms with van der Waals surface area (Å²) in [5.74, 6) is -1.40. The van der Waals surface area contributed by atoms with Gasteiger partial charge in [0.25, 0.3) is 5.91 Å². The number of carbonyl (C=O) groups is 1. The Bertz CT molecular complexity index is 1670. The summed E-state index contributed by atoms with van der Waals surface area (Å²) in [6, 6.07) is 9.57. The standard InChI is InChI=1S/C29H34F3N8O5P/c1-4-44-46(43,45-5-2)18-19-7-9-21(10-8-19)36-28-34-16-22(29(30,31)32)26(39-28)38-24-12-11-23(37-25(24)27(42)33-3)20-15-35-40(17-20)13-6-14-41/h7-12,15-17,41H,4-6,13-14,18H2,1-3H3,(H,33,42)(H2,34,36,38,39). The molecule has 3 aromatic heterocycles. The van der Waals surface area contributed by atoms with Crippen LogP contribution in [0, 0.1) is 0 Å². The molecule has 17 heteroatoms. The molecular formula is C29H34F3N8O5P. The molecule has 0 aliphatic carbocycles. The molecule has 0 aliphatic rings. The van der Waals surface area contributed by atoms with Gasteiger partial charge in [-0.1, -0.05) is 12.1 Å². The highest BCUT2D eigenvalue weighted by molar-refractivity contribution is 7.53. The van der Waals surface area contributed by atoms with Gasteiger partial charge in [0.1, 0.15) is 11.4 Å². The summed E-state index contributed by atoms with van der Waals surface area (Å²) in [6.07, 6.45) is -0.419. The minimum atomic E-state index is -4.82. The number of aromatic nitrogens is 5. The predicted octanol–water partition coefficient (Wildman–Crippen LogP) is 5.75. The first-order valence-electron chi connectivity index (χ1n) is 14.3. The summed E-state index contributed by atoms with van der Waals surface area (Å²) < 4.78 is 67.1. The molecule has 0 unspecified atom stereocenters. The second-order valence-corrected chi connectivity index (χ2v) is 11.8. The predicted molar refractivity (Wildman–Crippen MR) is 165 cm³/mol. The van der Waals surface area contributed by atoms with Crippen molar-refractivity contribution in [3.63, 3.8) is 0 Å². The molecule has 0 atom stereocenters. The van der Waals surface area contributed by atoms with E-state index in [1.165, 1.54) is 25.4 Å². The van der Waals surface area contributed by atoms with Crippen LogP contribution < -0.4 is 16.0 Å². The minimum Gasteiger partial charge on any atom is -0.396 e. The van der Waals surface area contributed by atoms with Crippen molar-refractivity contribution in [1.29, 1.82) is 0 Å². The van der Waals surface area contributed by atoms with Gasteiger partial charge in [-0.3, -0.25) is 14.0 Å². The Morgan fingerprint density at radius 3 is 2.37 bits per heavy atom. The summed E-state index contributed by atoms with van der Waals surface area (Å²) >= 11 is 0. The number of rotatable bonds is 15. The Labute approximate surface area is 263 Å². The van der Waals surface area contributed by atoms with E-state index in [1.807, 2.05) is 0 Å². The van der Waals surface area contributed by atoms with E-state index < -0.39 is 31.1 Å². The molecule has 1 amide bonds. The summed E-state index contributed by atoms with van der Waals surface area (Å²) in [6.45, 7) is 4.35. The Hall–Kier alpha value is -4.37.